The number of hydrogen-bond donors (Lipinski definition) is 1. The Balaban J connectivity index is 1.81. The number of hydrogen-bond acceptors (Lipinski definition) is 5. The lowest BCUT2D eigenvalue weighted by Crippen LogP contribution is -2.51. The van der Waals surface area contributed by atoms with Crippen molar-refractivity contribution >= 4 is 15.8 Å². The fourth-order valence-electron chi connectivity index (χ4n) is 2.54. The third kappa shape index (κ3) is 3.40. The van der Waals surface area contributed by atoms with Crippen LogP contribution in [0.25, 0.3) is 0 Å². The molecule has 0 aliphatic carbocycles. The minimum Gasteiger partial charge on any atom is -0.480 e. The Kier molecular flexibility index (Phi) is 3.70. The molecule has 1 atom stereocenters. The SMILES string of the molecule is O=C(O)CN1CCN([C@H]2CCS(=O)(=O)C2)CC1. The van der Waals surface area contributed by atoms with Gasteiger partial charge in [0.1, 0.15) is 0 Å². The molecule has 6 nitrogen and oxygen atoms in total. The summed E-state index contributed by atoms with van der Waals surface area (Å²) in [4.78, 5) is 14.6. The van der Waals surface area contributed by atoms with E-state index in [0.29, 0.717) is 18.8 Å². The van der Waals surface area contributed by atoms with Gasteiger partial charge in [-0.2, -0.15) is 0 Å². The molecule has 2 aliphatic heterocycles. The van der Waals surface area contributed by atoms with Gasteiger partial charge in [-0.25, -0.2) is 8.42 Å². The summed E-state index contributed by atoms with van der Waals surface area (Å²) in [6, 6.07) is 0.145. The highest BCUT2D eigenvalue weighted by Gasteiger charge is 2.33. The van der Waals surface area contributed by atoms with Crippen molar-refractivity contribution in [3.63, 3.8) is 0 Å². The number of carboxylic acids is 1. The molecule has 0 unspecified atom stereocenters. The van der Waals surface area contributed by atoms with E-state index in [0.717, 1.165) is 19.5 Å². The van der Waals surface area contributed by atoms with Gasteiger partial charge in [-0.3, -0.25) is 14.6 Å². The molecule has 2 fully saturated rings. The first-order valence-electron chi connectivity index (χ1n) is 5.85. The van der Waals surface area contributed by atoms with Crippen molar-refractivity contribution in [2.45, 2.75) is 12.5 Å². The first-order chi connectivity index (χ1) is 7.96. The zero-order valence-electron chi connectivity index (χ0n) is 9.71. The molecule has 0 aromatic carbocycles. The molecular weight excluding hydrogens is 244 g/mol. The fraction of sp³-hybridized carbons (Fsp3) is 0.900. The molecule has 7 heteroatoms. The van der Waals surface area contributed by atoms with Gasteiger partial charge in [0.05, 0.1) is 18.1 Å². The lowest BCUT2D eigenvalue weighted by atomic mass is 10.2. The fourth-order valence-corrected chi connectivity index (χ4v) is 4.30. The van der Waals surface area contributed by atoms with E-state index in [1.54, 1.807) is 0 Å². The highest BCUT2D eigenvalue weighted by atomic mass is 32.2. The van der Waals surface area contributed by atoms with Crippen molar-refractivity contribution in [2.24, 2.45) is 0 Å². The minimum atomic E-state index is -2.83. The van der Waals surface area contributed by atoms with Crippen LogP contribution in [0.3, 0.4) is 0 Å². The maximum atomic E-state index is 11.4. The summed E-state index contributed by atoms with van der Waals surface area (Å²) >= 11 is 0. The van der Waals surface area contributed by atoms with Crippen LogP contribution in [0, 0.1) is 0 Å². The Hall–Kier alpha value is -0.660. The predicted molar refractivity (Wildman–Crippen MR) is 62.7 cm³/mol. The Morgan fingerprint density at radius 1 is 1.24 bits per heavy atom. The van der Waals surface area contributed by atoms with E-state index in [-0.39, 0.29) is 18.3 Å². The quantitative estimate of drug-likeness (QED) is 0.694. The van der Waals surface area contributed by atoms with E-state index < -0.39 is 15.8 Å². The summed E-state index contributed by atoms with van der Waals surface area (Å²) in [5.74, 6) is -0.235. The van der Waals surface area contributed by atoms with Crippen molar-refractivity contribution in [2.75, 3.05) is 44.2 Å². The molecule has 1 N–H and O–H groups in total. The van der Waals surface area contributed by atoms with E-state index in [2.05, 4.69) is 4.90 Å². The normalized spacial score (nSPS) is 30.5. The van der Waals surface area contributed by atoms with Crippen LogP contribution in [0.5, 0.6) is 0 Å². The predicted octanol–water partition coefficient (Wildman–Crippen LogP) is -1.12. The van der Waals surface area contributed by atoms with Gasteiger partial charge in [-0.05, 0) is 6.42 Å². The van der Waals surface area contributed by atoms with Gasteiger partial charge >= 0.3 is 5.97 Å². The second-order valence-corrected chi connectivity index (χ2v) is 6.99. The zero-order valence-corrected chi connectivity index (χ0v) is 10.5. The van der Waals surface area contributed by atoms with Gasteiger partial charge in [0.25, 0.3) is 0 Å². The van der Waals surface area contributed by atoms with Gasteiger partial charge < -0.3 is 5.11 Å². The van der Waals surface area contributed by atoms with E-state index in [9.17, 15) is 13.2 Å². The molecule has 0 amide bonds. The third-order valence-electron chi connectivity index (χ3n) is 3.49. The average molecular weight is 262 g/mol. The zero-order chi connectivity index (χ0) is 12.5. The topological polar surface area (TPSA) is 77.9 Å². The van der Waals surface area contributed by atoms with Crippen molar-refractivity contribution in [1.29, 1.82) is 0 Å². The molecular formula is C10H18N2O4S. The second-order valence-electron chi connectivity index (χ2n) is 4.76. The summed E-state index contributed by atoms with van der Waals surface area (Å²) < 4.78 is 22.8. The Labute approximate surface area is 101 Å². The van der Waals surface area contributed by atoms with Crippen LogP contribution < -0.4 is 0 Å². The van der Waals surface area contributed by atoms with Crippen LogP contribution in [-0.2, 0) is 14.6 Å². The molecule has 2 rings (SSSR count). The lowest BCUT2D eigenvalue weighted by molar-refractivity contribution is -0.138. The molecule has 0 saturated carbocycles. The van der Waals surface area contributed by atoms with Crippen molar-refractivity contribution in [3.8, 4) is 0 Å². The number of carbonyl (C=O) groups is 1. The number of piperazine rings is 1. The molecule has 0 aromatic rings. The van der Waals surface area contributed by atoms with E-state index in [1.807, 2.05) is 4.90 Å². The summed E-state index contributed by atoms with van der Waals surface area (Å²) in [6.07, 6.45) is 0.723. The summed E-state index contributed by atoms with van der Waals surface area (Å²) in [5.41, 5.74) is 0. The molecule has 0 spiro atoms. The molecule has 0 aromatic heterocycles. The summed E-state index contributed by atoms with van der Waals surface area (Å²) in [7, 11) is -2.83. The molecule has 0 bridgehead atoms. The van der Waals surface area contributed by atoms with Gasteiger partial charge in [0, 0.05) is 32.2 Å². The van der Waals surface area contributed by atoms with Crippen LogP contribution >= 0.6 is 0 Å². The first kappa shape index (κ1) is 12.8. The molecule has 2 saturated heterocycles. The average Bonchev–Trinajstić information content (AvgIpc) is 2.59. The van der Waals surface area contributed by atoms with Crippen LogP contribution in [0.2, 0.25) is 0 Å². The maximum absolute atomic E-state index is 11.4. The number of nitrogens with zero attached hydrogens (tertiary/aromatic N) is 2. The summed E-state index contributed by atoms with van der Waals surface area (Å²) in [6.45, 7) is 3.05. The van der Waals surface area contributed by atoms with E-state index in [4.69, 9.17) is 5.11 Å². The van der Waals surface area contributed by atoms with Crippen molar-refractivity contribution in [3.05, 3.63) is 0 Å². The van der Waals surface area contributed by atoms with Crippen molar-refractivity contribution < 1.29 is 18.3 Å². The first-order valence-corrected chi connectivity index (χ1v) is 7.67. The van der Waals surface area contributed by atoms with Gasteiger partial charge in [-0.15, -0.1) is 0 Å². The Bertz CT molecular complexity index is 387. The smallest absolute Gasteiger partial charge is 0.317 e. The molecule has 17 heavy (non-hydrogen) atoms. The minimum absolute atomic E-state index is 0.0802. The molecule has 2 heterocycles. The van der Waals surface area contributed by atoms with Gasteiger partial charge in [0.15, 0.2) is 9.84 Å². The Morgan fingerprint density at radius 3 is 2.35 bits per heavy atom. The van der Waals surface area contributed by atoms with E-state index in [1.165, 1.54) is 0 Å². The van der Waals surface area contributed by atoms with Crippen LogP contribution in [0.1, 0.15) is 6.42 Å². The van der Waals surface area contributed by atoms with Crippen molar-refractivity contribution in [1.82, 2.24) is 9.80 Å². The Morgan fingerprint density at radius 2 is 1.88 bits per heavy atom. The van der Waals surface area contributed by atoms with E-state index >= 15 is 0 Å². The van der Waals surface area contributed by atoms with Gasteiger partial charge in [0.2, 0.25) is 0 Å². The third-order valence-corrected chi connectivity index (χ3v) is 5.24. The number of sulfone groups is 1. The molecule has 98 valence electrons. The highest BCUT2D eigenvalue weighted by Crippen LogP contribution is 2.19. The lowest BCUT2D eigenvalue weighted by Gasteiger charge is -2.36. The number of aliphatic carboxylic acids is 1. The highest BCUT2D eigenvalue weighted by molar-refractivity contribution is 7.91. The van der Waals surface area contributed by atoms with Crippen LogP contribution in [0.15, 0.2) is 0 Å². The summed E-state index contributed by atoms with van der Waals surface area (Å²) in [5, 5.41) is 8.68. The molecule has 0 radical (unpaired) electrons. The largest absolute Gasteiger partial charge is 0.480 e. The standard InChI is InChI=1S/C10H18N2O4S/c13-10(14)7-11-2-4-12(5-3-11)9-1-6-17(15,16)8-9/h9H,1-8H2,(H,13,14)/t9-/m0/s1. The maximum Gasteiger partial charge on any atom is 0.317 e. The monoisotopic (exact) mass is 262 g/mol. The van der Waals surface area contributed by atoms with Crippen LogP contribution in [-0.4, -0.2) is 79.6 Å². The number of carboxylic acid groups (broad SMARTS) is 1. The number of rotatable bonds is 3. The van der Waals surface area contributed by atoms with Gasteiger partial charge in [-0.1, -0.05) is 0 Å². The second kappa shape index (κ2) is 4.91. The van der Waals surface area contributed by atoms with Crippen LogP contribution in [0.4, 0.5) is 0 Å². The molecule has 2 aliphatic rings.